The van der Waals surface area contributed by atoms with E-state index in [0.717, 1.165) is 12.5 Å². The summed E-state index contributed by atoms with van der Waals surface area (Å²) in [5, 5.41) is 2.99. The number of rotatable bonds is 4. The lowest BCUT2D eigenvalue weighted by atomic mass is 10.1. The van der Waals surface area contributed by atoms with E-state index in [1.165, 1.54) is 16.8 Å². The first-order valence-electron chi connectivity index (χ1n) is 7.79. The second-order valence-electron chi connectivity index (χ2n) is 6.00. The zero-order valence-corrected chi connectivity index (χ0v) is 14.6. The van der Waals surface area contributed by atoms with Crippen molar-refractivity contribution in [1.29, 1.82) is 0 Å². The van der Waals surface area contributed by atoms with Crippen molar-refractivity contribution in [3.63, 3.8) is 0 Å². The summed E-state index contributed by atoms with van der Waals surface area (Å²) < 4.78 is 64.0. The van der Waals surface area contributed by atoms with Crippen LogP contribution in [-0.4, -0.2) is 58.0 Å². The van der Waals surface area contributed by atoms with E-state index in [0.29, 0.717) is 25.9 Å². The predicted octanol–water partition coefficient (Wildman–Crippen LogP) is 1.72. The molecule has 0 unspecified atom stereocenters. The van der Waals surface area contributed by atoms with Crippen LogP contribution in [0.25, 0.3) is 11.4 Å². The molecule has 1 fully saturated rings. The smallest absolute Gasteiger partial charge is 0.351 e. The summed E-state index contributed by atoms with van der Waals surface area (Å²) in [4.78, 5) is 14.1. The number of piperidine rings is 1. The lowest BCUT2D eigenvalue weighted by Crippen LogP contribution is -2.42. The van der Waals surface area contributed by atoms with Gasteiger partial charge in [0.2, 0.25) is 16.0 Å². The zero-order valence-electron chi connectivity index (χ0n) is 13.8. The highest BCUT2D eigenvalue weighted by atomic mass is 32.2. The van der Waals surface area contributed by atoms with Crippen LogP contribution < -0.4 is 5.32 Å². The van der Waals surface area contributed by atoms with E-state index in [1.807, 2.05) is 0 Å². The summed E-state index contributed by atoms with van der Waals surface area (Å²) in [5.74, 6) is 0.0559. The normalized spacial score (nSPS) is 17.4. The van der Waals surface area contributed by atoms with Gasteiger partial charge in [0.05, 0.1) is 24.5 Å². The molecule has 3 heterocycles. The fourth-order valence-electron chi connectivity index (χ4n) is 2.76. The van der Waals surface area contributed by atoms with E-state index in [-0.39, 0.29) is 23.4 Å². The number of hydrogen-bond donors (Lipinski definition) is 2. The Kier molecular flexibility index (Phi) is 4.88. The van der Waals surface area contributed by atoms with E-state index in [1.54, 1.807) is 0 Å². The van der Waals surface area contributed by atoms with Gasteiger partial charge < -0.3 is 10.3 Å². The first-order valence-corrected chi connectivity index (χ1v) is 9.64. The summed E-state index contributed by atoms with van der Waals surface area (Å²) in [6.45, 7) is 0.676. The van der Waals surface area contributed by atoms with Crippen molar-refractivity contribution in [1.82, 2.24) is 24.2 Å². The van der Waals surface area contributed by atoms with E-state index in [2.05, 4.69) is 25.3 Å². The number of imidazole rings is 1. The van der Waals surface area contributed by atoms with Gasteiger partial charge in [0.25, 0.3) is 0 Å². The molecule has 2 N–H and O–H groups in total. The molecule has 3 rings (SSSR count). The molecule has 0 atom stereocenters. The Morgan fingerprint density at radius 2 is 1.96 bits per heavy atom. The zero-order chi connectivity index (χ0) is 18.9. The Morgan fingerprint density at radius 1 is 1.27 bits per heavy atom. The number of halogens is 3. The summed E-state index contributed by atoms with van der Waals surface area (Å²) in [6.07, 6.45) is 0.832. The second kappa shape index (κ2) is 6.83. The minimum absolute atomic E-state index is 0.0559. The maximum atomic E-state index is 13.2. The van der Waals surface area contributed by atoms with E-state index in [4.69, 9.17) is 0 Å². The third-order valence-electron chi connectivity index (χ3n) is 4.10. The van der Waals surface area contributed by atoms with Crippen molar-refractivity contribution < 1.29 is 21.6 Å². The standard InChI is InChI=1S/C14H17F3N6O2S/c1-26(24,25)23-4-2-9(3-5-23)21-13-19-6-10(14(15,16)17)12(22-13)11-7-18-8-20-11/h6-9H,2-5H2,1H3,(H,18,20)(H,19,21,22). The second-order valence-corrected chi connectivity index (χ2v) is 7.98. The topological polar surface area (TPSA) is 104 Å². The molecule has 1 aliphatic rings. The highest BCUT2D eigenvalue weighted by Crippen LogP contribution is 2.35. The van der Waals surface area contributed by atoms with Gasteiger partial charge in [0.1, 0.15) is 11.3 Å². The monoisotopic (exact) mass is 390 g/mol. The van der Waals surface area contributed by atoms with Gasteiger partial charge in [0, 0.05) is 25.3 Å². The maximum Gasteiger partial charge on any atom is 0.420 e. The van der Waals surface area contributed by atoms with Crippen molar-refractivity contribution in [2.24, 2.45) is 0 Å². The summed E-state index contributed by atoms with van der Waals surface area (Å²) >= 11 is 0. The molecule has 12 heteroatoms. The van der Waals surface area contributed by atoms with Crippen LogP contribution in [-0.2, 0) is 16.2 Å². The van der Waals surface area contributed by atoms with Gasteiger partial charge in [-0.05, 0) is 12.8 Å². The molecule has 26 heavy (non-hydrogen) atoms. The van der Waals surface area contributed by atoms with Crippen LogP contribution in [0.5, 0.6) is 0 Å². The molecule has 142 valence electrons. The SMILES string of the molecule is CS(=O)(=O)N1CCC(Nc2ncc(C(F)(F)F)c(-c3cnc[nH]3)n2)CC1. The minimum atomic E-state index is -4.60. The highest BCUT2D eigenvalue weighted by molar-refractivity contribution is 7.88. The Balaban J connectivity index is 1.79. The largest absolute Gasteiger partial charge is 0.420 e. The Morgan fingerprint density at radius 3 is 2.50 bits per heavy atom. The summed E-state index contributed by atoms with van der Waals surface area (Å²) in [5.41, 5.74) is -1.12. The maximum absolute atomic E-state index is 13.2. The number of sulfonamides is 1. The number of alkyl halides is 3. The number of hydrogen-bond acceptors (Lipinski definition) is 6. The van der Waals surface area contributed by atoms with Crippen molar-refractivity contribution >= 4 is 16.0 Å². The molecule has 2 aromatic rings. The van der Waals surface area contributed by atoms with Gasteiger partial charge in [-0.1, -0.05) is 0 Å². The molecule has 0 radical (unpaired) electrons. The minimum Gasteiger partial charge on any atom is -0.351 e. The van der Waals surface area contributed by atoms with Crippen molar-refractivity contribution in [3.05, 3.63) is 24.3 Å². The highest BCUT2D eigenvalue weighted by Gasteiger charge is 2.36. The molecule has 1 aliphatic heterocycles. The molecule has 0 aliphatic carbocycles. The van der Waals surface area contributed by atoms with Gasteiger partial charge in [-0.2, -0.15) is 13.2 Å². The third kappa shape index (κ3) is 4.12. The number of aromatic nitrogens is 4. The van der Waals surface area contributed by atoms with Crippen LogP contribution in [0.4, 0.5) is 19.1 Å². The third-order valence-corrected chi connectivity index (χ3v) is 5.41. The van der Waals surface area contributed by atoms with Crippen LogP contribution in [0.2, 0.25) is 0 Å². The first kappa shape index (κ1) is 18.6. The number of H-pyrrole nitrogens is 1. The fourth-order valence-corrected chi connectivity index (χ4v) is 3.64. The van der Waals surface area contributed by atoms with Crippen LogP contribution in [0.15, 0.2) is 18.7 Å². The molecule has 0 amide bonds. The van der Waals surface area contributed by atoms with Crippen LogP contribution >= 0.6 is 0 Å². The van der Waals surface area contributed by atoms with Crippen LogP contribution in [0, 0.1) is 0 Å². The van der Waals surface area contributed by atoms with Crippen molar-refractivity contribution in [2.45, 2.75) is 25.1 Å². The van der Waals surface area contributed by atoms with E-state index in [9.17, 15) is 21.6 Å². The van der Waals surface area contributed by atoms with Gasteiger partial charge in [0.15, 0.2) is 0 Å². The number of nitrogens with one attached hydrogen (secondary N) is 2. The molecule has 1 saturated heterocycles. The van der Waals surface area contributed by atoms with Gasteiger partial charge >= 0.3 is 6.18 Å². The molecular formula is C14H17F3N6O2S. The quantitative estimate of drug-likeness (QED) is 0.824. The van der Waals surface area contributed by atoms with E-state index >= 15 is 0 Å². The van der Waals surface area contributed by atoms with Crippen LogP contribution in [0.3, 0.4) is 0 Å². The summed E-state index contributed by atoms with van der Waals surface area (Å²) in [7, 11) is -3.24. The van der Waals surface area contributed by atoms with E-state index < -0.39 is 21.8 Å². The molecule has 0 saturated carbocycles. The fraction of sp³-hybridized carbons (Fsp3) is 0.500. The number of nitrogens with zero attached hydrogens (tertiary/aromatic N) is 4. The Labute approximate surface area is 147 Å². The predicted molar refractivity (Wildman–Crippen MR) is 87.7 cm³/mol. The average molecular weight is 390 g/mol. The van der Waals surface area contributed by atoms with Crippen molar-refractivity contribution in [2.75, 3.05) is 24.7 Å². The molecular weight excluding hydrogens is 373 g/mol. The molecule has 0 aromatic carbocycles. The molecule has 2 aromatic heterocycles. The molecule has 0 spiro atoms. The van der Waals surface area contributed by atoms with Crippen molar-refractivity contribution in [3.8, 4) is 11.4 Å². The van der Waals surface area contributed by atoms with Crippen LogP contribution in [0.1, 0.15) is 18.4 Å². The number of aromatic amines is 1. The first-order chi connectivity index (χ1) is 12.1. The number of anilines is 1. The van der Waals surface area contributed by atoms with Gasteiger partial charge in [-0.15, -0.1) is 0 Å². The Hall–Kier alpha value is -2.21. The average Bonchev–Trinajstić information content (AvgIpc) is 3.08. The summed E-state index contributed by atoms with van der Waals surface area (Å²) in [6, 6.07) is -0.126. The van der Waals surface area contributed by atoms with Gasteiger partial charge in [-0.25, -0.2) is 27.7 Å². The van der Waals surface area contributed by atoms with Gasteiger partial charge in [-0.3, -0.25) is 0 Å². The molecule has 8 nitrogen and oxygen atoms in total. The molecule has 0 bridgehead atoms. The lowest BCUT2D eigenvalue weighted by Gasteiger charge is -2.30. The Bertz CT molecular complexity index is 861. The lowest BCUT2D eigenvalue weighted by molar-refractivity contribution is -0.137.